The molecule has 15 heavy (non-hydrogen) atoms. The first kappa shape index (κ1) is 12.0. The van der Waals surface area contributed by atoms with Crippen molar-refractivity contribution in [3.05, 3.63) is 24.0 Å². The Bertz CT molecular complexity index is 432. The minimum atomic E-state index is -4.13. The SMILES string of the molecule is C[C@H](c1ncc(F)cn1)[C@H](C)S(=O)(=O)O. The summed E-state index contributed by atoms with van der Waals surface area (Å²) in [7, 11) is -4.13. The van der Waals surface area contributed by atoms with Crippen LogP contribution in [-0.4, -0.2) is 28.2 Å². The Morgan fingerprint density at radius 1 is 1.33 bits per heavy atom. The van der Waals surface area contributed by atoms with Crippen molar-refractivity contribution >= 4 is 10.1 Å². The van der Waals surface area contributed by atoms with E-state index in [2.05, 4.69) is 9.97 Å². The third-order valence-electron chi connectivity index (χ3n) is 2.22. The molecule has 0 saturated carbocycles. The van der Waals surface area contributed by atoms with Crippen LogP contribution in [-0.2, 0) is 10.1 Å². The van der Waals surface area contributed by atoms with Crippen molar-refractivity contribution in [3.8, 4) is 0 Å². The smallest absolute Gasteiger partial charge is 0.268 e. The van der Waals surface area contributed by atoms with Gasteiger partial charge in [-0.1, -0.05) is 6.92 Å². The van der Waals surface area contributed by atoms with Gasteiger partial charge in [0.1, 0.15) is 5.82 Å². The molecule has 0 aliphatic carbocycles. The predicted octanol–water partition coefficient (Wildman–Crippen LogP) is 0.996. The monoisotopic (exact) mass is 234 g/mol. The molecule has 1 N–H and O–H groups in total. The number of hydrogen-bond donors (Lipinski definition) is 1. The molecule has 1 rings (SSSR count). The first-order chi connectivity index (χ1) is 6.82. The highest BCUT2D eigenvalue weighted by Crippen LogP contribution is 2.19. The Kier molecular flexibility index (Phi) is 3.35. The maximum atomic E-state index is 12.5. The molecule has 0 saturated heterocycles. The third-order valence-corrected chi connectivity index (χ3v) is 3.57. The van der Waals surface area contributed by atoms with Crippen LogP contribution < -0.4 is 0 Å². The van der Waals surface area contributed by atoms with Crippen LogP contribution in [0.15, 0.2) is 12.4 Å². The summed E-state index contributed by atoms with van der Waals surface area (Å²) in [5.74, 6) is -1.01. The molecule has 2 atom stereocenters. The molecule has 0 aromatic carbocycles. The van der Waals surface area contributed by atoms with E-state index in [1.54, 1.807) is 6.92 Å². The summed E-state index contributed by atoms with van der Waals surface area (Å²) >= 11 is 0. The van der Waals surface area contributed by atoms with E-state index >= 15 is 0 Å². The van der Waals surface area contributed by atoms with Crippen LogP contribution in [0, 0.1) is 5.82 Å². The fourth-order valence-electron chi connectivity index (χ4n) is 1.03. The molecule has 0 unspecified atom stereocenters. The highest BCUT2D eigenvalue weighted by Gasteiger charge is 2.27. The van der Waals surface area contributed by atoms with Gasteiger partial charge in [0.25, 0.3) is 10.1 Å². The van der Waals surface area contributed by atoms with E-state index < -0.39 is 27.1 Å². The minimum absolute atomic E-state index is 0.182. The second kappa shape index (κ2) is 4.19. The summed E-state index contributed by atoms with van der Waals surface area (Å²) in [4.78, 5) is 7.30. The van der Waals surface area contributed by atoms with Crippen molar-refractivity contribution in [2.45, 2.75) is 25.0 Å². The summed E-state index contributed by atoms with van der Waals surface area (Å²) in [6, 6.07) is 0. The van der Waals surface area contributed by atoms with Crippen LogP contribution in [0.25, 0.3) is 0 Å². The molecular weight excluding hydrogens is 223 g/mol. The summed E-state index contributed by atoms with van der Waals surface area (Å²) in [5, 5.41) is -1.03. The first-order valence-electron chi connectivity index (χ1n) is 4.26. The van der Waals surface area contributed by atoms with Crippen LogP contribution in [0.1, 0.15) is 25.6 Å². The zero-order valence-corrected chi connectivity index (χ0v) is 9.07. The van der Waals surface area contributed by atoms with E-state index in [4.69, 9.17) is 4.55 Å². The molecule has 0 aliphatic heterocycles. The zero-order valence-electron chi connectivity index (χ0n) is 8.25. The van der Waals surface area contributed by atoms with Crippen LogP contribution in [0.2, 0.25) is 0 Å². The van der Waals surface area contributed by atoms with Crippen LogP contribution in [0.4, 0.5) is 4.39 Å². The van der Waals surface area contributed by atoms with E-state index in [-0.39, 0.29) is 5.82 Å². The third kappa shape index (κ3) is 2.93. The molecule has 0 amide bonds. The van der Waals surface area contributed by atoms with Gasteiger partial charge in [-0.05, 0) is 6.92 Å². The lowest BCUT2D eigenvalue weighted by molar-refractivity contribution is 0.458. The molecule has 0 fully saturated rings. The van der Waals surface area contributed by atoms with Gasteiger partial charge in [-0.15, -0.1) is 0 Å². The highest BCUT2D eigenvalue weighted by atomic mass is 32.2. The van der Waals surface area contributed by atoms with Crippen LogP contribution in [0.5, 0.6) is 0 Å². The largest absolute Gasteiger partial charge is 0.285 e. The van der Waals surface area contributed by atoms with Gasteiger partial charge >= 0.3 is 0 Å². The Hall–Kier alpha value is -1.08. The predicted molar refractivity (Wildman–Crippen MR) is 51.4 cm³/mol. The molecule has 1 heterocycles. The molecule has 0 spiro atoms. The Labute approximate surface area is 87.1 Å². The van der Waals surface area contributed by atoms with E-state index in [1.165, 1.54) is 6.92 Å². The standard InChI is InChI=1S/C8H11FN2O3S/c1-5(6(2)15(12,13)14)8-10-3-7(9)4-11-8/h3-6H,1-2H3,(H,12,13,14)/t5-,6-/m0/s1. The van der Waals surface area contributed by atoms with Crippen LogP contribution >= 0.6 is 0 Å². The molecular formula is C8H11FN2O3S. The lowest BCUT2D eigenvalue weighted by Gasteiger charge is -2.15. The van der Waals surface area contributed by atoms with Gasteiger partial charge in [0.2, 0.25) is 0 Å². The molecule has 0 radical (unpaired) electrons. The van der Waals surface area contributed by atoms with Gasteiger partial charge in [0.15, 0.2) is 5.82 Å². The number of hydrogen-bond acceptors (Lipinski definition) is 4. The maximum Gasteiger partial charge on any atom is 0.268 e. The van der Waals surface area contributed by atoms with Crippen LogP contribution in [0.3, 0.4) is 0 Å². The second-order valence-corrected chi connectivity index (χ2v) is 5.04. The fourth-order valence-corrected chi connectivity index (χ4v) is 1.66. The maximum absolute atomic E-state index is 12.5. The molecule has 0 aliphatic rings. The average molecular weight is 234 g/mol. The molecule has 5 nitrogen and oxygen atoms in total. The van der Waals surface area contributed by atoms with Crippen molar-refractivity contribution < 1.29 is 17.4 Å². The van der Waals surface area contributed by atoms with Gasteiger partial charge < -0.3 is 0 Å². The van der Waals surface area contributed by atoms with Crippen molar-refractivity contribution in [2.75, 3.05) is 0 Å². The van der Waals surface area contributed by atoms with Gasteiger partial charge in [0, 0.05) is 5.92 Å². The molecule has 1 aromatic rings. The lowest BCUT2D eigenvalue weighted by Crippen LogP contribution is -2.24. The topological polar surface area (TPSA) is 80.2 Å². The number of nitrogens with zero attached hydrogens (tertiary/aromatic N) is 2. The normalized spacial score (nSPS) is 16.0. The van der Waals surface area contributed by atoms with Gasteiger partial charge in [-0.3, -0.25) is 4.55 Å². The summed E-state index contributed by atoms with van der Waals surface area (Å²) in [5.41, 5.74) is 0. The fraction of sp³-hybridized carbons (Fsp3) is 0.500. The number of aromatic nitrogens is 2. The number of rotatable bonds is 3. The number of halogens is 1. The first-order valence-corrected chi connectivity index (χ1v) is 5.76. The Balaban J connectivity index is 2.95. The van der Waals surface area contributed by atoms with Crippen molar-refractivity contribution in [1.82, 2.24) is 9.97 Å². The van der Waals surface area contributed by atoms with Crippen molar-refractivity contribution in [3.63, 3.8) is 0 Å². The van der Waals surface area contributed by atoms with E-state index in [1.807, 2.05) is 0 Å². The average Bonchev–Trinajstić information content (AvgIpc) is 2.15. The lowest BCUT2D eigenvalue weighted by atomic mass is 10.1. The quantitative estimate of drug-likeness (QED) is 0.789. The summed E-state index contributed by atoms with van der Waals surface area (Å²) in [6.07, 6.45) is 1.91. The Morgan fingerprint density at radius 3 is 2.20 bits per heavy atom. The van der Waals surface area contributed by atoms with Crippen molar-refractivity contribution in [2.24, 2.45) is 0 Å². The zero-order chi connectivity index (χ0) is 11.6. The summed E-state index contributed by atoms with van der Waals surface area (Å²) in [6.45, 7) is 2.89. The van der Waals surface area contributed by atoms with Gasteiger partial charge in [0.05, 0.1) is 17.6 Å². The van der Waals surface area contributed by atoms with E-state index in [9.17, 15) is 12.8 Å². The molecule has 1 aromatic heterocycles. The highest BCUT2D eigenvalue weighted by molar-refractivity contribution is 7.86. The second-order valence-electron chi connectivity index (χ2n) is 3.27. The van der Waals surface area contributed by atoms with Gasteiger partial charge in [-0.25, -0.2) is 14.4 Å². The molecule has 7 heteroatoms. The van der Waals surface area contributed by atoms with E-state index in [0.29, 0.717) is 0 Å². The molecule has 84 valence electrons. The molecule has 0 bridgehead atoms. The minimum Gasteiger partial charge on any atom is -0.285 e. The van der Waals surface area contributed by atoms with E-state index in [0.717, 1.165) is 12.4 Å². The summed E-state index contributed by atoms with van der Waals surface area (Å²) < 4.78 is 43.0. The Morgan fingerprint density at radius 2 is 1.80 bits per heavy atom. The van der Waals surface area contributed by atoms with Crippen molar-refractivity contribution in [1.29, 1.82) is 0 Å². The van der Waals surface area contributed by atoms with Gasteiger partial charge in [-0.2, -0.15) is 8.42 Å².